The third kappa shape index (κ3) is 4.43. The SMILES string of the molecule is Cc1cnc(Nc2ccc3c(n2)NCC(CCCO)C3)nc1-c1cnn(C(C)C)c1. The molecule has 3 N–H and O–H groups in total. The zero-order chi connectivity index (χ0) is 21.1. The highest BCUT2D eigenvalue weighted by atomic mass is 16.2. The zero-order valence-electron chi connectivity index (χ0n) is 17.8. The maximum Gasteiger partial charge on any atom is 0.228 e. The Bertz CT molecular complexity index is 1010. The van der Waals surface area contributed by atoms with Crippen molar-refractivity contribution in [2.75, 3.05) is 23.8 Å². The van der Waals surface area contributed by atoms with Crippen LogP contribution in [0.2, 0.25) is 0 Å². The fraction of sp³-hybridized carbons (Fsp3) is 0.455. The normalized spacial score (nSPS) is 15.7. The van der Waals surface area contributed by atoms with Gasteiger partial charge in [0.2, 0.25) is 5.95 Å². The summed E-state index contributed by atoms with van der Waals surface area (Å²) in [5, 5.41) is 20.1. The van der Waals surface area contributed by atoms with Crippen molar-refractivity contribution >= 4 is 17.6 Å². The van der Waals surface area contributed by atoms with Gasteiger partial charge in [-0.25, -0.2) is 15.0 Å². The Labute approximate surface area is 176 Å². The van der Waals surface area contributed by atoms with E-state index in [1.54, 1.807) is 0 Å². The average molecular weight is 408 g/mol. The number of aromatic nitrogens is 5. The number of hydrogen-bond donors (Lipinski definition) is 3. The van der Waals surface area contributed by atoms with E-state index in [0.29, 0.717) is 23.7 Å². The number of aliphatic hydroxyl groups excluding tert-OH is 1. The highest BCUT2D eigenvalue weighted by Crippen LogP contribution is 2.28. The Hall–Kier alpha value is -3.00. The Morgan fingerprint density at radius 3 is 2.90 bits per heavy atom. The van der Waals surface area contributed by atoms with Gasteiger partial charge in [-0.3, -0.25) is 4.68 Å². The lowest BCUT2D eigenvalue weighted by molar-refractivity contribution is 0.271. The van der Waals surface area contributed by atoms with Crippen molar-refractivity contribution in [1.82, 2.24) is 24.7 Å². The van der Waals surface area contributed by atoms with E-state index < -0.39 is 0 Å². The van der Waals surface area contributed by atoms with Gasteiger partial charge >= 0.3 is 0 Å². The van der Waals surface area contributed by atoms with Gasteiger partial charge in [0, 0.05) is 37.2 Å². The average Bonchev–Trinajstić information content (AvgIpc) is 3.24. The van der Waals surface area contributed by atoms with E-state index in [0.717, 1.165) is 48.4 Å². The van der Waals surface area contributed by atoms with E-state index in [9.17, 15) is 0 Å². The van der Waals surface area contributed by atoms with Crippen LogP contribution in [0.4, 0.5) is 17.6 Å². The molecule has 30 heavy (non-hydrogen) atoms. The Morgan fingerprint density at radius 2 is 2.13 bits per heavy atom. The summed E-state index contributed by atoms with van der Waals surface area (Å²) in [6, 6.07) is 4.37. The first-order valence-electron chi connectivity index (χ1n) is 10.5. The number of anilines is 3. The number of nitrogens with one attached hydrogen (secondary N) is 2. The molecular weight excluding hydrogens is 378 g/mol. The molecule has 3 aromatic heterocycles. The van der Waals surface area contributed by atoms with Crippen molar-refractivity contribution in [1.29, 1.82) is 0 Å². The predicted octanol–water partition coefficient (Wildman–Crippen LogP) is 3.72. The largest absolute Gasteiger partial charge is 0.396 e. The van der Waals surface area contributed by atoms with Crippen molar-refractivity contribution in [3.63, 3.8) is 0 Å². The van der Waals surface area contributed by atoms with Crippen LogP contribution in [0.5, 0.6) is 0 Å². The van der Waals surface area contributed by atoms with Gasteiger partial charge in [0.1, 0.15) is 11.6 Å². The molecule has 0 saturated heterocycles. The third-order valence-corrected chi connectivity index (χ3v) is 5.43. The molecule has 0 bridgehead atoms. The molecule has 1 unspecified atom stereocenters. The molecule has 3 aromatic rings. The van der Waals surface area contributed by atoms with E-state index >= 15 is 0 Å². The highest BCUT2D eigenvalue weighted by molar-refractivity contribution is 5.64. The van der Waals surface area contributed by atoms with E-state index in [2.05, 4.69) is 40.6 Å². The van der Waals surface area contributed by atoms with Crippen molar-refractivity contribution in [2.45, 2.75) is 46.1 Å². The standard InChI is InChI=1S/C22H29N7O/c1-14(2)29-13-18(12-25-29)20-15(3)10-24-22(28-20)27-19-7-6-17-9-16(5-4-8-30)11-23-21(17)26-19/h6-7,10,12-14,16,30H,4-5,8-9,11H2,1-3H3,(H2,23,24,26,27,28). The van der Waals surface area contributed by atoms with E-state index in [-0.39, 0.29) is 6.61 Å². The van der Waals surface area contributed by atoms with Crippen LogP contribution in [0.15, 0.2) is 30.7 Å². The Kier molecular flexibility index (Phi) is 5.94. The second kappa shape index (κ2) is 8.79. The molecule has 158 valence electrons. The molecule has 8 heteroatoms. The first-order valence-corrected chi connectivity index (χ1v) is 10.5. The lowest BCUT2D eigenvalue weighted by atomic mass is 9.92. The third-order valence-electron chi connectivity index (χ3n) is 5.43. The summed E-state index contributed by atoms with van der Waals surface area (Å²) in [7, 11) is 0. The molecule has 0 spiro atoms. The quantitative estimate of drug-likeness (QED) is 0.549. The Balaban J connectivity index is 1.51. The molecule has 0 aliphatic carbocycles. The lowest BCUT2D eigenvalue weighted by Gasteiger charge is -2.25. The minimum Gasteiger partial charge on any atom is -0.396 e. The highest BCUT2D eigenvalue weighted by Gasteiger charge is 2.19. The summed E-state index contributed by atoms with van der Waals surface area (Å²) in [6.45, 7) is 7.33. The van der Waals surface area contributed by atoms with Crippen LogP contribution in [0.1, 0.15) is 43.9 Å². The number of rotatable bonds is 7. The van der Waals surface area contributed by atoms with Gasteiger partial charge in [-0.15, -0.1) is 0 Å². The van der Waals surface area contributed by atoms with Crippen LogP contribution in [0.25, 0.3) is 11.3 Å². The van der Waals surface area contributed by atoms with Gasteiger partial charge in [-0.2, -0.15) is 5.10 Å². The minimum atomic E-state index is 0.251. The number of nitrogens with zero attached hydrogens (tertiary/aromatic N) is 5. The fourth-order valence-electron chi connectivity index (χ4n) is 3.74. The summed E-state index contributed by atoms with van der Waals surface area (Å²) < 4.78 is 1.93. The second-order valence-electron chi connectivity index (χ2n) is 8.17. The summed E-state index contributed by atoms with van der Waals surface area (Å²) in [5.41, 5.74) is 4.04. The van der Waals surface area contributed by atoms with Crippen molar-refractivity contribution in [2.24, 2.45) is 5.92 Å². The summed E-state index contributed by atoms with van der Waals surface area (Å²) >= 11 is 0. The molecular formula is C22H29N7O. The van der Waals surface area contributed by atoms with Gasteiger partial charge < -0.3 is 15.7 Å². The van der Waals surface area contributed by atoms with Crippen molar-refractivity contribution in [3.05, 3.63) is 41.9 Å². The van der Waals surface area contributed by atoms with Gasteiger partial charge in [0.05, 0.1) is 11.9 Å². The van der Waals surface area contributed by atoms with Crippen LogP contribution >= 0.6 is 0 Å². The number of pyridine rings is 1. The van der Waals surface area contributed by atoms with Crippen LogP contribution in [-0.2, 0) is 6.42 Å². The first-order chi connectivity index (χ1) is 14.5. The molecule has 0 radical (unpaired) electrons. The molecule has 0 saturated carbocycles. The van der Waals surface area contributed by atoms with Crippen molar-refractivity contribution in [3.8, 4) is 11.3 Å². The number of fused-ring (bicyclic) bond motifs is 1. The molecule has 4 heterocycles. The van der Waals surface area contributed by atoms with Crippen LogP contribution in [-0.4, -0.2) is 43.0 Å². The Morgan fingerprint density at radius 1 is 1.27 bits per heavy atom. The maximum absolute atomic E-state index is 9.05. The smallest absolute Gasteiger partial charge is 0.228 e. The number of aryl methyl sites for hydroxylation is 1. The second-order valence-corrected chi connectivity index (χ2v) is 8.17. The van der Waals surface area contributed by atoms with Crippen LogP contribution < -0.4 is 10.6 Å². The molecule has 1 atom stereocenters. The van der Waals surface area contributed by atoms with Crippen LogP contribution in [0.3, 0.4) is 0 Å². The molecule has 8 nitrogen and oxygen atoms in total. The molecule has 1 aliphatic heterocycles. The van der Waals surface area contributed by atoms with Gasteiger partial charge in [0.25, 0.3) is 0 Å². The maximum atomic E-state index is 9.05. The van der Waals surface area contributed by atoms with E-state index in [4.69, 9.17) is 15.1 Å². The minimum absolute atomic E-state index is 0.251. The zero-order valence-corrected chi connectivity index (χ0v) is 17.8. The molecule has 0 fully saturated rings. The molecule has 0 aromatic carbocycles. The molecule has 0 amide bonds. The predicted molar refractivity (Wildman–Crippen MR) is 118 cm³/mol. The lowest BCUT2D eigenvalue weighted by Crippen LogP contribution is -2.24. The van der Waals surface area contributed by atoms with Crippen molar-refractivity contribution < 1.29 is 5.11 Å². The summed E-state index contributed by atoms with van der Waals surface area (Å²) in [6.07, 6.45) is 8.53. The van der Waals surface area contributed by atoms with Gasteiger partial charge in [-0.05, 0) is 63.1 Å². The molecule has 1 aliphatic rings. The summed E-state index contributed by atoms with van der Waals surface area (Å²) in [4.78, 5) is 13.8. The molecule has 4 rings (SSSR count). The van der Waals surface area contributed by atoms with E-state index in [1.165, 1.54) is 5.56 Å². The first kappa shape index (κ1) is 20.3. The van der Waals surface area contributed by atoms with E-state index in [1.807, 2.05) is 36.3 Å². The fourth-order valence-corrected chi connectivity index (χ4v) is 3.74. The van der Waals surface area contributed by atoms with Crippen LogP contribution in [0, 0.1) is 12.8 Å². The number of hydrogen-bond acceptors (Lipinski definition) is 7. The van der Waals surface area contributed by atoms with Gasteiger partial charge in [0.15, 0.2) is 0 Å². The number of aliphatic hydroxyl groups is 1. The van der Waals surface area contributed by atoms with Gasteiger partial charge in [-0.1, -0.05) is 6.07 Å². The summed E-state index contributed by atoms with van der Waals surface area (Å²) in [5.74, 6) is 2.67. The monoisotopic (exact) mass is 407 g/mol. The topological polar surface area (TPSA) is 101 Å².